The van der Waals surface area contributed by atoms with Crippen LogP contribution in [0.5, 0.6) is 0 Å². The molecule has 0 spiro atoms. The predicted octanol–water partition coefficient (Wildman–Crippen LogP) is 16.8. The summed E-state index contributed by atoms with van der Waals surface area (Å²) in [5.74, 6) is 0. The number of fused-ring (bicyclic) bond motifs is 14. The van der Waals surface area contributed by atoms with Crippen molar-refractivity contribution in [3.8, 4) is 11.4 Å². The highest BCUT2D eigenvalue weighted by Crippen LogP contribution is 2.53. The second kappa shape index (κ2) is 15.4. The lowest BCUT2D eigenvalue weighted by atomic mass is 9.36. The van der Waals surface area contributed by atoms with Gasteiger partial charge in [0.1, 0.15) is 0 Å². The van der Waals surface area contributed by atoms with Crippen LogP contribution in [-0.4, -0.2) is 15.8 Å². The Bertz CT molecular complexity index is 4260. The summed E-state index contributed by atoms with van der Waals surface area (Å²) in [5, 5.41) is 6.40. The van der Waals surface area contributed by atoms with Gasteiger partial charge in [0.2, 0.25) is 0 Å². The van der Waals surface area contributed by atoms with Crippen molar-refractivity contribution in [1.29, 1.82) is 0 Å². The summed E-state index contributed by atoms with van der Waals surface area (Å²) in [4.78, 5) is 5.16. The van der Waals surface area contributed by atoms with Crippen LogP contribution in [0.1, 0.15) is 78.0 Å². The number of nitrogens with zero attached hydrogens (tertiary/aromatic N) is 4. The third-order valence-electron chi connectivity index (χ3n) is 17.3. The molecule has 0 fully saturated rings. The van der Waals surface area contributed by atoms with Gasteiger partial charge in [-0.1, -0.05) is 164 Å². The van der Waals surface area contributed by atoms with Crippen LogP contribution in [0.2, 0.25) is 0 Å². The van der Waals surface area contributed by atoms with Crippen molar-refractivity contribution in [3.63, 3.8) is 0 Å². The van der Waals surface area contributed by atoms with Gasteiger partial charge in [0.25, 0.3) is 6.71 Å². The van der Waals surface area contributed by atoms with Crippen molar-refractivity contribution >= 4 is 122 Å². The number of hydrogen-bond acceptors (Lipinski definition) is 3. The molecule has 0 saturated heterocycles. The SMILES string of the molecule is CC(C)(C)c1ccc2c3c(sc2c1)B1c2c(cc(N(c4ccccc4)c4ccccc4)cc2-n2c4ccc5c6ccccc6n(-c6ccccc6)c5c4c4cccc1c42)N3c1ccc2c(c1)C(C)(C)CCC2(C)C. The molecule has 12 aromatic rings. The Morgan fingerprint density at radius 1 is 0.500 bits per heavy atom. The minimum Gasteiger partial charge on any atom is -0.310 e. The molecule has 15 rings (SSSR count). The smallest absolute Gasteiger partial charge is 0.264 e. The van der Waals surface area contributed by atoms with Gasteiger partial charge in [-0.3, -0.25) is 0 Å². The molecule has 0 bridgehead atoms. The van der Waals surface area contributed by atoms with Crippen molar-refractivity contribution in [2.75, 3.05) is 9.80 Å². The minimum absolute atomic E-state index is 0.00351. The van der Waals surface area contributed by atoms with Gasteiger partial charge in [0.15, 0.2) is 0 Å². The van der Waals surface area contributed by atoms with E-state index >= 15 is 0 Å². The van der Waals surface area contributed by atoms with E-state index in [2.05, 4.69) is 262 Å². The van der Waals surface area contributed by atoms with Crippen molar-refractivity contribution in [3.05, 3.63) is 211 Å². The molecule has 6 heteroatoms. The van der Waals surface area contributed by atoms with Crippen LogP contribution in [0.25, 0.3) is 65.1 Å². The first-order valence-corrected chi connectivity index (χ1v) is 27.3. The molecule has 0 amide bonds. The summed E-state index contributed by atoms with van der Waals surface area (Å²) in [7, 11) is 0. The molecule has 9 aromatic carbocycles. The first-order valence-electron chi connectivity index (χ1n) is 26.5. The molecular formula is C68H57BN4S. The van der Waals surface area contributed by atoms with E-state index in [1.807, 2.05) is 11.3 Å². The largest absolute Gasteiger partial charge is 0.310 e. The Hall–Kier alpha value is -7.80. The molecule has 1 aliphatic carbocycles. The number of benzene rings is 9. The number of thiophene rings is 1. The summed E-state index contributed by atoms with van der Waals surface area (Å²) >= 11 is 2.01. The zero-order valence-electron chi connectivity index (χ0n) is 43.2. The number of hydrogen-bond donors (Lipinski definition) is 0. The highest BCUT2D eigenvalue weighted by molar-refractivity contribution is 7.33. The van der Waals surface area contributed by atoms with Gasteiger partial charge >= 0.3 is 0 Å². The van der Waals surface area contributed by atoms with Crippen molar-refractivity contribution < 1.29 is 0 Å². The standard InChI is InChI=1S/C68H57BN4S/c1-66(2,3)42-30-32-50-59(38-42)74-65-64(50)72(46-31-34-52-53(39-46)68(6,7)37-36-67(52,4)5)57-40-47(70(43-20-11-8-12-21-43)44-22-13-9-14-23-44)41-58-61(57)69(65)54-28-19-27-51-60-56(73(58)62(51)54)35-33-49-48-26-17-18-29-55(48)71(63(49)60)45-24-15-10-16-25-45/h8-35,38-41H,36-37H2,1-7H3. The van der Waals surface area contributed by atoms with Gasteiger partial charge in [-0.2, -0.15) is 0 Å². The molecule has 0 atom stereocenters. The molecule has 5 heterocycles. The van der Waals surface area contributed by atoms with E-state index in [4.69, 9.17) is 0 Å². The molecule has 0 radical (unpaired) electrons. The molecular weight excluding hydrogens is 916 g/mol. The van der Waals surface area contributed by atoms with Gasteiger partial charge in [0, 0.05) is 76.0 Å². The maximum absolute atomic E-state index is 2.69. The van der Waals surface area contributed by atoms with Gasteiger partial charge in [-0.25, -0.2) is 0 Å². The highest BCUT2D eigenvalue weighted by Gasteiger charge is 2.46. The fraction of sp³-hybridized carbons (Fsp3) is 0.176. The van der Waals surface area contributed by atoms with Crippen LogP contribution in [0.15, 0.2) is 194 Å². The second-order valence-electron chi connectivity index (χ2n) is 23.6. The van der Waals surface area contributed by atoms with E-state index in [0.29, 0.717) is 0 Å². The van der Waals surface area contributed by atoms with Gasteiger partial charge in [0.05, 0.1) is 27.9 Å². The Morgan fingerprint density at radius 3 is 1.88 bits per heavy atom. The van der Waals surface area contributed by atoms with Crippen LogP contribution in [0.3, 0.4) is 0 Å². The predicted molar refractivity (Wildman–Crippen MR) is 319 cm³/mol. The molecule has 3 aromatic heterocycles. The van der Waals surface area contributed by atoms with E-state index in [1.165, 1.54) is 115 Å². The van der Waals surface area contributed by atoms with E-state index in [-0.39, 0.29) is 23.0 Å². The number of para-hydroxylation sites is 5. The van der Waals surface area contributed by atoms with E-state index in [9.17, 15) is 0 Å². The summed E-state index contributed by atoms with van der Waals surface area (Å²) in [6, 6.07) is 73.7. The Kier molecular flexibility index (Phi) is 9.09. The number of anilines is 6. The maximum Gasteiger partial charge on any atom is 0.264 e. The monoisotopic (exact) mass is 972 g/mol. The van der Waals surface area contributed by atoms with Gasteiger partial charge in [-0.15, -0.1) is 11.3 Å². The third-order valence-corrected chi connectivity index (χ3v) is 18.5. The zero-order valence-corrected chi connectivity index (χ0v) is 44.0. The summed E-state index contributed by atoms with van der Waals surface area (Å²) in [6.07, 6.45) is 2.33. The Labute approximate surface area is 437 Å². The zero-order chi connectivity index (χ0) is 50.0. The molecule has 0 unspecified atom stereocenters. The molecule has 0 N–H and O–H groups in total. The first-order chi connectivity index (χ1) is 35.9. The lowest BCUT2D eigenvalue weighted by molar-refractivity contribution is 0.332. The van der Waals surface area contributed by atoms with Crippen molar-refractivity contribution in [2.45, 2.75) is 77.6 Å². The van der Waals surface area contributed by atoms with Crippen molar-refractivity contribution in [2.24, 2.45) is 0 Å². The maximum atomic E-state index is 2.69. The second-order valence-corrected chi connectivity index (χ2v) is 24.7. The van der Waals surface area contributed by atoms with E-state index < -0.39 is 0 Å². The fourth-order valence-electron chi connectivity index (χ4n) is 13.5. The lowest BCUT2D eigenvalue weighted by Crippen LogP contribution is -2.59. The summed E-state index contributed by atoms with van der Waals surface area (Å²) in [6.45, 7) is 16.8. The first kappa shape index (κ1) is 43.8. The molecule has 74 heavy (non-hydrogen) atoms. The van der Waals surface area contributed by atoms with Crippen LogP contribution < -0.4 is 25.5 Å². The molecule has 4 nitrogen and oxygen atoms in total. The molecule has 2 aliphatic heterocycles. The van der Waals surface area contributed by atoms with Crippen LogP contribution >= 0.6 is 11.3 Å². The van der Waals surface area contributed by atoms with E-state index in [1.54, 1.807) is 0 Å². The quantitative estimate of drug-likeness (QED) is 0.160. The van der Waals surface area contributed by atoms with Crippen molar-refractivity contribution in [1.82, 2.24) is 9.13 Å². The minimum atomic E-state index is -0.0123. The number of rotatable bonds is 5. The van der Waals surface area contributed by atoms with Crippen LogP contribution in [0.4, 0.5) is 34.1 Å². The van der Waals surface area contributed by atoms with Gasteiger partial charge in [-0.05, 0) is 136 Å². The molecule has 0 saturated carbocycles. The normalized spacial score (nSPS) is 15.3. The van der Waals surface area contributed by atoms with E-state index in [0.717, 1.165) is 29.2 Å². The van der Waals surface area contributed by atoms with Crippen LogP contribution in [0, 0.1) is 0 Å². The van der Waals surface area contributed by atoms with Crippen LogP contribution in [-0.2, 0) is 16.2 Å². The van der Waals surface area contributed by atoms with Gasteiger partial charge < -0.3 is 18.9 Å². The summed E-state index contributed by atoms with van der Waals surface area (Å²) in [5.41, 5.74) is 21.6. The average Bonchev–Trinajstić information content (AvgIpc) is 4.08. The Balaban J connectivity index is 1.13. The molecule has 3 aliphatic rings. The third kappa shape index (κ3) is 6.09. The number of aromatic nitrogens is 2. The Morgan fingerprint density at radius 2 is 1.15 bits per heavy atom. The fourth-order valence-corrected chi connectivity index (χ4v) is 14.9. The molecule has 358 valence electrons. The topological polar surface area (TPSA) is 16.3 Å². The lowest BCUT2D eigenvalue weighted by Gasteiger charge is -2.44. The summed E-state index contributed by atoms with van der Waals surface area (Å²) < 4.78 is 7.92. The highest BCUT2D eigenvalue weighted by atomic mass is 32.1. The average molecular weight is 973 g/mol.